The predicted molar refractivity (Wildman–Crippen MR) is 67.5 cm³/mol. The van der Waals surface area contributed by atoms with E-state index in [4.69, 9.17) is 4.74 Å². The van der Waals surface area contributed by atoms with Crippen LogP contribution in [0.3, 0.4) is 0 Å². The number of benzene rings is 1. The van der Waals surface area contributed by atoms with Crippen LogP contribution in [0.5, 0.6) is 0 Å². The monoisotopic (exact) mass is 225 g/mol. The third-order valence-corrected chi connectivity index (χ3v) is 3.33. The van der Waals surface area contributed by atoms with Gasteiger partial charge in [0.25, 0.3) is 0 Å². The van der Waals surface area contributed by atoms with Crippen LogP contribution in [0.1, 0.15) is 30.6 Å². The molecule has 1 aliphatic rings. The number of ether oxygens (including phenoxy) is 1. The first-order chi connectivity index (χ1) is 8.40. The van der Waals surface area contributed by atoms with E-state index in [1.54, 1.807) is 6.20 Å². The first-order valence-electron chi connectivity index (χ1n) is 6.04. The fourth-order valence-electron chi connectivity index (χ4n) is 2.47. The molecule has 1 aliphatic heterocycles. The summed E-state index contributed by atoms with van der Waals surface area (Å²) in [7, 11) is 0. The first-order valence-corrected chi connectivity index (χ1v) is 6.04. The summed E-state index contributed by atoms with van der Waals surface area (Å²) in [5, 5.41) is 0. The molecule has 0 bridgehead atoms. The molecule has 1 aromatic heterocycles. The van der Waals surface area contributed by atoms with E-state index in [-0.39, 0.29) is 6.10 Å². The van der Waals surface area contributed by atoms with E-state index in [9.17, 15) is 0 Å². The molecule has 86 valence electrons. The number of hydrogen-bond acceptors (Lipinski definition) is 2. The first kappa shape index (κ1) is 10.5. The number of aromatic nitrogens is 1. The molecule has 0 unspecified atom stereocenters. The summed E-state index contributed by atoms with van der Waals surface area (Å²) in [6.07, 6.45) is 5.01. The maximum atomic E-state index is 5.81. The Bertz CT molecular complexity index is 522. The highest BCUT2D eigenvalue weighted by atomic mass is 16.5. The van der Waals surface area contributed by atoms with Crippen molar-refractivity contribution in [3.05, 3.63) is 53.9 Å². The lowest BCUT2D eigenvalue weighted by Crippen LogP contribution is -1.93. The van der Waals surface area contributed by atoms with Gasteiger partial charge in [-0.05, 0) is 29.2 Å². The summed E-state index contributed by atoms with van der Waals surface area (Å²) in [6.45, 7) is 2.88. The quantitative estimate of drug-likeness (QED) is 0.777. The summed E-state index contributed by atoms with van der Waals surface area (Å²) in [5.41, 5.74) is 5.09. The minimum Gasteiger partial charge on any atom is -0.369 e. The van der Waals surface area contributed by atoms with E-state index >= 15 is 0 Å². The molecule has 17 heavy (non-hydrogen) atoms. The molecule has 0 amide bonds. The number of rotatable bonds is 2. The van der Waals surface area contributed by atoms with Crippen LogP contribution < -0.4 is 0 Å². The van der Waals surface area contributed by atoms with Gasteiger partial charge in [0.1, 0.15) is 0 Å². The Labute approximate surface area is 101 Å². The lowest BCUT2D eigenvalue weighted by molar-refractivity contribution is 0.0637. The molecule has 1 atom stereocenters. The number of hydrogen-bond donors (Lipinski definition) is 0. The molecule has 2 heteroatoms. The smallest absolute Gasteiger partial charge is 0.0830 e. The average molecular weight is 225 g/mol. The van der Waals surface area contributed by atoms with Gasteiger partial charge in [-0.15, -0.1) is 0 Å². The lowest BCUT2D eigenvalue weighted by Gasteiger charge is -2.09. The predicted octanol–water partition coefficient (Wildman–Crippen LogP) is 3.73. The van der Waals surface area contributed by atoms with Crippen molar-refractivity contribution in [3.63, 3.8) is 0 Å². The Morgan fingerprint density at radius 3 is 3.00 bits per heavy atom. The van der Waals surface area contributed by atoms with Crippen molar-refractivity contribution in [1.29, 1.82) is 0 Å². The summed E-state index contributed by atoms with van der Waals surface area (Å²) >= 11 is 0. The van der Waals surface area contributed by atoms with Crippen LogP contribution in [0.15, 0.2) is 42.7 Å². The standard InChI is InChI=1S/C15H15NO/c1-2-15-13-7-3-6-12(14(13)10-17-15)11-5-4-8-16-9-11/h3-9,15H,2,10H2,1H3/t15-/m1/s1. The van der Waals surface area contributed by atoms with Crippen LogP contribution in [-0.4, -0.2) is 4.98 Å². The molecule has 2 aromatic rings. The van der Waals surface area contributed by atoms with Gasteiger partial charge in [-0.2, -0.15) is 0 Å². The van der Waals surface area contributed by atoms with E-state index in [0.717, 1.165) is 13.0 Å². The van der Waals surface area contributed by atoms with Crippen molar-refractivity contribution in [2.45, 2.75) is 26.1 Å². The molecule has 1 aromatic carbocycles. The lowest BCUT2D eigenvalue weighted by atomic mass is 9.95. The van der Waals surface area contributed by atoms with Crippen molar-refractivity contribution in [2.75, 3.05) is 0 Å². The van der Waals surface area contributed by atoms with Gasteiger partial charge in [0.05, 0.1) is 12.7 Å². The van der Waals surface area contributed by atoms with Gasteiger partial charge >= 0.3 is 0 Å². The highest BCUT2D eigenvalue weighted by Crippen LogP contribution is 2.38. The van der Waals surface area contributed by atoms with Crippen molar-refractivity contribution in [1.82, 2.24) is 4.98 Å². The van der Waals surface area contributed by atoms with Gasteiger partial charge in [0, 0.05) is 18.0 Å². The van der Waals surface area contributed by atoms with Crippen LogP contribution in [0.4, 0.5) is 0 Å². The molecule has 0 saturated carbocycles. The second-order valence-corrected chi connectivity index (χ2v) is 4.32. The minimum absolute atomic E-state index is 0.265. The molecule has 0 fully saturated rings. The van der Waals surface area contributed by atoms with Crippen LogP contribution in [-0.2, 0) is 11.3 Å². The largest absolute Gasteiger partial charge is 0.369 e. The van der Waals surface area contributed by atoms with Crippen molar-refractivity contribution < 1.29 is 4.74 Å². The topological polar surface area (TPSA) is 22.1 Å². The van der Waals surface area contributed by atoms with Crippen molar-refractivity contribution in [2.24, 2.45) is 0 Å². The highest BCUT2D eigenvalue weighted by Gasteiger charge is 2.23. The minimum atomic E-state index is 0.265. The zero-order valence-electron chi connectivity index (χ0n) is 9.89. The fraction of sp³-hybridized carbons (Fsp3) is 0.267. The Morgan fingerprint density at radius 2 is 2.24 bits per heavy atom. The SMILES string of the molecule is CC[C@H]1OCc2c(-c3cccnc3)cccc21. The Kier molecular flexibility index (Phi) is 2.65. The molecule has 2 nitrogen and oxygen atoms in total. The number of fused-ring (bicyclic) bond motifs is 1. The van der Waals surface area contributed by atoms with Crippen LogP contribution in [0.25, 0.3) is 11.1 Å². The molecular weight excluding hydrogens is 210 g/mol. The van der Waals surface area contributed by atoms with Crippen LogP contribution in [0, 0.1) is 0 Å². The molecule has 0 spiro atoms. The van der Waals surface area contributed by atoms with Gasteiger partial charge in [-0.3, -0.25) is 4.98 Å². The van der Waals surface area contributed by atoms with Gasteiger partial charge in [0.2, 0.25) is 0 Å². The molecule has 0 aliphatic carbocycles. The summed E-state index contributed by atoms with van der Waals surface area (Å²) in [5.74, 6) is 0. The van der Waals surface area contributed by atoms with Crippen molar-refractivity contribution >= 4 is 0 Å². The molecular formula is C15H15NO. The normalized spacial score (nSPS) is 18.1. The van der Waals surface area contributed by atoms with E-state index in [2.05, 4.69) is 36.2 Å². The van der Waals surface area contributed by atoms with Gasteiger partial charge in [-0.25, -0.2) is 0 Å². The third-order valence-electron chi connectivity index (χ3n) is 3.33. The number of nitrogens with zero attached hydrogens (tertiary/aromatic N) is 1. The Balaban J connectivity index is 2.12. The fourth-order valence-corrected chi connectivity index (χ4v) is 2.47. The van der Waals surface area contributed by atoms with Crippen molar-refractivity contribution in [3.8, 4) is 11.1 Å². The maximum Gasteiger partial charge on any atom is 0.0830 e. The third kappa shape index (κ3) is 1.75. The molecule has 0 saturated heterocycles. The van der Waals surface area contributed by atoms with Gasteiger partial charge in [0.15, 0.2) is 0 Å². The van der Waals surface area contributed by atoms with E-state index in [1.165, 1.54) is 22.3 Å². The molecule has 0 N–H and O–H groups in total. The average Bonchev–Trinajstić information content (AvgIpc) is 2.82. The summed E-state index contributed by atoms with van der Waals surface area (Å²) in [4.78, 5) is 4.18. The molecule has 0 radical (unpaired) electrons. The summed E-state index contributed by atoms with van der Waals surface area (Å²) in [6, 6.07) is 10.5. The summed E-state index contributed by atoms with van der Waals surface area (Å²) < 4.78 is 5.81. The number of pyridine rings is 1. The van der Waals surface area contributed by atoms with Crippen LogP contribution in [0.2, 0.25) is 0 Å². The zero-order valence-corrected chi connectivity index (χ0v) is 9.89. The molecule has 2 heterocycles. The maximum absolute atomic E-state index is 5.81. The second kappa shape index (κ2) is 4.30. The van der Waals surface area contributed by atoms with Gasteiger partial charge < -0.3 is 4.74 Å². The zero-order chi connectivity index (χ0) is 11.7. The highest BCUT2D eigenvalue weighted by molar-refractivity contribution is 5.68. The van der Waals surface area contributed by atoms with E-state index in [0.29, 0.717) is 0 Å². The van der Waals surface area contributed by atoms with E-state index < -0.39 is 0 Å². The Hall–Kier alpha value is -1.67. The van der Waals surface area contributed by atoms with Crippen LogP contribution >= 0.6 is 0 Å². The van der Waals surface area contributed by atoms with E-state index in [1.807, 2.05) is 12.3 Å². The molecule has 3 rings (SSSR count). The van der Waals surface area contributed by atoms with Gasteiger partial charge in [-0.1, -0.05) is 31.2 Å². The Morgan fingerprint density at radius 1 is 1.29 bits per heavy atom. The second-order valence-electron chi connectivity index (χ2n) is 4.32.